The quantitative estimate of drug-likeness (QED) is 0.825. The molecular weight excluding hydrogens is 246 g/mol. The van der Waals surface area contributed by atoms with Crippen molar-refractivity contribution >= 4 is 11.9 Å². The van der Waals surface area contributed by atoms with Crippen molar-refractivity contribution < 1.29 is 19.4 Å². The second-order valence-electron chi connectivity index (χ2n) is 6.27. The van der Waals surface area contributed by atoms with Gasteiger partial charge in [0.15, 0.2) is 0 Å². The molecular formula is C14H23NO4. The lowest BCUT2D eigenvalue weighted by Crippen LogP contribution is -2.52. The Labute approximate surface area is 113 Å². The summed E-state index contributed by atoms with van der Waals surface area (Å²) in [5.41, 5.74) is -0.297. The van der Waals surface area contributed by atoms with Gasteiger partial charge in [0.25, 0.3) is 0 Å². The number of ether oxygens (including phenoxy) is 1. The zero-order valence-corrected chi connectivity index (χ0v) is 11.7. The second-order valence-corrected chi connectivity index (χ2v) is 6.27. The summed E-state index contributed by atoms with van der Waals surface area (Å²) >= 11 is 0. The predicted octanol–water partition coefficient (Wildman–Crippen LogP) is 1.51. The largest absolute Gasteiger partial charge is 0.481 e. The van der Waals surface area contributed by atoms with E-state index in [-0.39, 0.29) is 23.3 Å². The van der Waals surface area contributed by atoms with Crippen molar-refractivity contribution in [3.05, 3.63) is 0 Å². The summed E-state index contributed by atoms with van der Waals surface area (Å²) in [6, 6.07) is 0. The fraction of sp³-hybridized carbons (Fsp3) is 0.857. The highest BCUT2D eigenvalue weighted by molar-refractivity contribution is 5.80. The van der Waals surface area contributed by atoms with Crippen LogP contribution in [0.4, 0.5) is 0 Å². The molecule has 2 fully saturated rings. The summed E-state index contributed by atoms with van der Waals surface area (Å²) < 4.78 is 5.60. The molecule has 0 spiro atoms. The van der Waals surface area contributed by atoms with Crippen molar-refractivity contribution in [3.8, 4) is 0 Å². The summed E-state index contributed by atoms with van der Waals surface area (Å²) in [6.07, 6.45) is 2.85. The van der Waals surface area contributed by atoms with Crippen LogP contribution in [0, 0.1) is 11.8 Å². The van der Waals surface area contributed by atoms with Crippen LogP contribution in [0.2, 0.25) is 0 Å². The third kappa shape index (κ3) is 3.47. The Morgan fingerprint density at radius 1 is 1.26 bits per heavy atom. The van der Waals surface area contributed by atoms with Crippen LogP contribution >= 0.6 is 0 Å². The van der Waals surface area contributed by atoms with Crippen LogP contribution in [0.25, 0.3) is 0 Å². The fourth-order valence-corrected chi connectivity index (χ4v) is 3.10. The van der Waals surface area contributed by atoms with E-state index >= 15 is 0 Å². The maximum Gasteiger partial charge on any atom is 0.306 e. The van der Waals surface area contributed by atoms with Gasteiger partial charge in [-0.15, -0.1) is 0 Å². The normalized spacial score (nSPS) is 30.9. The number of carbonyl (C=O) groups is 2. The first-order valence-electron chi connectivity index (χ1n) is 7.04. The highest BCUT2D eigenvalue weighted by Crippen LogP contribution is 2.31. The van der Waals surface area contributed by atoms with Crippen LogP contribution in [0.15, 0.2) is 0 Å². The standard InChI is InChI=1S/C14H23NO4/c1-14(2)9-15(6-7-19-14)12(16)10-4-3-5-11(8-10)13(17)18/h10-11H,3-9H2,1-2H3,(H,17,18)/t10-,11+/m1/s1. The maximum atomic E-state index is 12.5. The van der Waals surface area contributed by atoms with Gasteiger partial charge in [-0.2, -0.15) is 0 Å². The average Bonchev–Trinajstić information content (AvgIpc) is 2.37. The van der Waals surface area contributed by atoms with Crippen molar-refractivity contribution in [1.29, 1.82) is 0 Å². The van der Waals surface area contributed by atoms with E-state index in [0.29, 0.717) is 32.5 Å². The van der Waals surface area contributed by atoms with Crippen LogP contribution < -0.4 is 0 Å². The smallest absolute Gasteiger partial charge is 0.306 e. The van der Waals surface area contributed by atoms with Gasteiger partial charge in [-0.25, -0.2) is 0 Å². The highest BCUT2D eigenvalue weighted by Gasteiger charge is 2.36. The minimum Gasteiger partial charge on any atom is -0.481 e. The summed E-state index contributed by atoms with van der Waals surface area (Å²) in [4.78, 5) is 25.4. The topological polar surface area (TPSA) is 66.8 Å². The van der Waals surface area contributed by atoms with Crippen LogP contribution in [0.5, 0.6) is 0 Å². The molecule has 0 bridgehead atoms. The van der Waals surface area contributed by atoms with Gasteiger partial charge in [0.2, 0.25) is 5.91 Å². The van der Waals surface area contributed by atoms with Crippen molar-refractivity contribution in [2.24, 2.45) is 11.8 Å². The summed E-state index contributed by atoms with van der Waals surface area (Å²) in [7, 11) is 0. The van der Waals surface area contributed by atoms with Crippen molar-refractivity contribution in [1.82, 2.24) is 4.90 Å². The molecule has 19 heavy (non-hydrogen) atoms. The van der Waals surface area contributed by atoms with E-state index < -0.39 is 5.97 Å². The number of morpholine rings is 1. The number of rotatable bonds is 2. The number of carboxylic acid groups (broad SMARTS) is 1. The molecule has 2 aliphatic rings. The van der Waals surface area contributed by atoms with Gasteiger partial charge in [-0.3, -0.25) is 9.59 Å². The molecule has 2 rings (SSSR count). The van der Waals surface area contributed by atoms with Crippen LogP contribution in [-0.2, 0) is 14.3 Å². The zero-order chi connectivity index (χ0) is 14.0. The number of nitrogens with zero attached hydrogens (tertiary/aromatic N) is 1. The Kier molecular flexibility index (Phi) is 4.13. The Morgan fingerprint density at radius 3 is 2.58 bits per heavy atom. The number of carbonyl (C=O) groups excluding carboxylic acids is 1. The van der Waals surface area contributed by atoms with Crippen LogP contribution in [0.1, 0.15) is 39.5 Å². The lowest BCUT2D eigenvalue weighted by molar-refractivity contribution is -0.153. The molecule has 0 aromatic heterocycles. The molecule has 1 saturated carbocycles. The Bertz CT molecular complexity index is 366. The lowest BCUT2D eigenvalue weighted by Gasteiger charge is -2.40. The Balaban J connectivity index is 1.97. The first kappa shape index (κ1) is 14.3. The van der Waals surface area contributed by atoms with Crippen molar-refractivity contribution in [3.63, 3.8) is 0 Å². The molecule has 1 saturated heterocycles. The summed E-state index contributed by atoms with van der Waals surface area (Å²) in [6.45, 7) is 5.74. The van der Waals surface area contributed by atoms with E-state index in [2.05, 4.69) is 0 Å². The number of amides is 1. The molecule has 5 nitrogen and oxygen atoms in total. The molecule has 1 amide bonds. The maximum absolute atomic E-state index is 12.5. The van der Waals surface area contributed by atoms with Crippen molar-refractivity contribution in [2.75, 3.05) is 19.7 Å². The molecule has 1 N–H and O–H groups in total. The van der Waals surface area contributed by atoms with Gasteiger partial charge in [0.1, 0.15) is 0 Å². The third-order valence-corrected chi connectivity index (χ3v) is 4.11. The molecule has 1 heterocycles. The van der Waals surface area contributed by atoms with Gasteiger partial charge >= 0.3 is 5.97 Å². The highest BCUT2D eigenvalue weighted by atomic mass is 16.5. The van der Waals surface area contributed by atoms with E-state index in [1.807, 2.05) is 18.7 Å². The van der Waals surface area contributed by atoms with E-state index in [1.165, 1.54) is 0 Å². The minimum atomic E-state index is -0.764. The van der Waals surface area contributed by atoms with Gasteiger partial charge < -0.3 is 14.7 Å². The van der Waals surface area contributed by atoms with Gasteiger partial charge in [-0.05, 0) is 33.1 Å². The zero-order valence-electron chi connectivity index (χ0n) is 11.7. The SMILES string of the molecule is CC1(C)CN(C(=O)[C@@H]2CCC[C@H](C(=O)O)C2)CCO1. The molecule has 1 aliphatic heterocycles. The lowest BCUT2D eigenvalue weighted by atomic mass is 9.80. The van der Waals surface area contributed by atoms with E-state index in [0.717, 1.165) is 12.8 Å². The molecule has 108 valence electrons. The minimum absolute atomic E-state index is 0.113. The van der Waals surface area contributed by atoms with Crippen LogP contribution in [0.3, 0.4) is 0 Å². The Morgan fingerprint density at radius 2 is 1.95 bits per heavy atom. The molecule has 0 aromatic carbocycles. The average molecular weight is 269 g/mol. The van der Waals surface area contributed by atoms with E-state index in [9.17, 15) is 9.59 Å². The molecule has 0 unspecified atom stereocenters. The van der Waals surface area contributed by atoms with Gasteiger partial charge in [0.05, 0.1) is 18.1 Å². The van der Waals surface area contributed by atoms with E-state index in [4.69, 9.17) is 9.84 Å². The van der Waals surface area contributed by atoms with E-state index in [1.54, 1.807) is 0 Å². The second kappa shape index (κ2) is 5.49. The molecule has 5 heteroatoms. The van der Waals surface area contributed by atoms with Gasteiger partial charge in [0, 0.05) is 19.0 Å². The third-order valence-electron chi connectivity index (χ3n) is 4.11. The molecule has 0 aromatic rings. The molecule has 1 aliphatic carbocycles. The first-order chi connectivity index (χ1) is 8.89. The Hall–Kier alpha value is -1.10. The summed E-state index contributed by atoms with van der Waals surface area (Å²) in [5.74, 6) is -1.12. The number of aliphatic carboxylic acids is 1. The molecule has 2 atom stereocenters. The predicted molar refractivity (Wildman–Crippen MR) is 69.7 cm³/mol. The monoisotopic (exact) mass is 269 g/mol. The van der Waals surface area contributed by atoms with Gasteiger partial charge in [-0.1, -0.05) is 6.42 Å². The molecule has 0 radical (unpaired) electrons. The summed E-state index contributed by atoms with van der Waals surface area (Å²) in [5, 5.41) is 9.09. The number of carboxylic acids is 1. The van der Waals surface area contributed by atoms with Crippen molar-refractivity contribution in [2.45, 2.75) is 45.1 Å². The number of hydrogen-bond donors (Lipinski definition) is 1. The fourth-order valence-electron chi connectivity index (χ4n) is 3.10. The number of hydrogen-bond acceptors (Lipinski definition) is 3. The first-order valence-corrected chi connectivity index (χ1v) is 7.04. The van der Waals surface area contributed by atoms with Crippen LogP contribution in [-0.4, -0.2) is 47.2 Å².